The zero-order valence-corrected chi connectivity index (χ0v) is 11.2. The van der Waals surface area contributed by atoms with Gasteiger partial charge in [0.15, 0.2) is 0 Å². The fourth-order valence-corrected chi connectivity index (χ4v) is 0.863. The van der Waals surface area contributed by atoms with Crippen LogP contribution < -0.4 is 0 Å². The number of allylic oxidation sites excluding steroid dienone is 7. The molecule has 0 amide bonds. The third-order valence-electron chi connectivity index (χ3n) is 1.67. The molecule has 0 rings (SSSR count). The van der Waals surface area contributed by atoms with Gasteiger partial charge < -0.3 is 4.74 Å². The van der Waals surface area contributed by atoms with Gasteiger partial charge in [-0.15, -0.1) is 13.2 Å². The van der Waals surface area contributed by atoms with Crippen molar-refractivity contribution in [2.45, 2.75) is 13.3 Å². The van der Waals surface area contributed by atoms with Gasteiger partial charge >= 0.3 is 6.36 Å². The van der Waals surface area contributed by atoms with E-state index < -0.39 is 12.1 Å². The number of hydrogen-bond donors (Lipinski definition) is 0. The van der Waals surface area contributed by atoms with Crippen LogP contribution in [0.15, 0.2) is 73.1 Å². The Labute approximate surface area is 117 Å². The van der Waals surface area contributed by atoms with E-state index in [9.17, 15) is 13.2 Å². The highest BCUT2D eigenvalue weighted by atomic mass is 19.4. The molecule has 0 spiro atoms. The zero-order valence-electron chi connectivity index (χ0n) is 11.2. The largest absolute Gasteiger partial charge is 0.573 e. The number of ether oxygens (including phenoxy) is 1. The fraction of sp³-hybridized carbons (Fsp3) is 0.125. The molecule has 0 N–H and O–H groups in total. The van der Waals surface area contributed by atoms with E-state index >= 15 is 0 Å². The third-order valence-corrected chi connectivity index (χ3v) is 1.67. The standard InChI is InChI=1S/C16H15F3O/c1-12(2)6-7-13(3)8-9-14(4)10-11-15(5)20-16(17,18)19/h6-7,10-11H,1,3-5H2,2H3/b7-6-,11-10-. The van der Waals surface area contributed by atoms with Crippen LogP contribution in [0, 0.1) is 11.8 Å². The highest BCUT2D eigenvalue weighted by Crippen LogP contribution is 2.20. The fourth-order valence-electron chi connectivity index (χ4n) is 0.863. The summed E-state index contributed by atoms with van der Waals surface area (Å²) < 4.78 is 39.1. The lowest BCUT2D eigenvalue weighted by Crippen LogP contribution is -2.11. The predicted molar refractivity (Wildman–Crippen MR) is 75.4 cm³/mol. The summed E-state index contributed by atoms with van der Waals surface area (Å²) in [4.78, 5) is 0. The summed E-state index contributed by atoms with van der Waals surface area (Å²) in [6, 6.07) is 0. The van der Waals surface area contributed by atoms with Crippen molar-refractivity contribution in [3.63, 3.8) is 0 Å². The first-order valence-electron chi connectivity index (χ1n) is 5.46. The van der Waals surface area contributed by atoms with Gasteiger partial charge in [-0.1, -0.05) is 49.8 Å². The Kier molecular flexibility index (Phi) is 6.95. The first-order valence-corrected chi connectivity index (χ1v) is 5.46. The molecular formula is C16H15F3O. The summed E-state index contributed by atoms with van der Waals surface area (Å²) in [7, 11) is 0. The van der Waals surface area contributed by atoms with Crippen LogP contribution in [0.2, 0.25) is 0 Å². The van der Waals surface area contributed by atoms with Crippen molar-refractivity contribution in [1.29, 1.82) is 0 Å². The van der Waals surface area contributed by atoms with Crippen LogP contribution in [-0.4, -0.2) is 6.36 Å². The average molecular weight is 280 g/mol. The molecule has 0 aromatic rings. The Balaban J connectivity index is 4.48. The molecule has 0 bridgehead atoms. The van der Waals surface area contributed by atoms with Gasteiger partial charge in [0, 0.05) is 11.1 Å². The minimum Gasteiger partial charge on any atom is -0.406 e. The maximum atomic E-state index is 11.8. The van der Waals surface area contributed by atoms with E-state index in [-0.39, 0.29) is 0 Å². The molecule has 0 saturated carbocycles. The van der Waals surface area contributed by atoms with Crippen molar-refractivity contribution in [3.8, 4) is 11.8 Å². The van der Waals surface area contributed by atoms with Crippen LogP contribution in [0.5, 0.6) is 0 Å². The van der Waals surface area contributed by atoms with Gasteiger partial charge in [0.1, 0.15) is 5.76 Å². The van der Waals surface area contributed by atoms with Crippen LogP contribution in [-0.2, 0) is 4.74 Å². The molecular weight excluding hydrogens is 265 g/mol. The predicted octanol–water partition coefficient (Wildman–Crippen LogP) is 4.84. The minimum absolute atomic E-state index is 0.307. The smallest absolute Gasteiger partial charge is 0.406 e. The summed E-state index contributed by atoms with van der Waals surface area (Å²) >= 11 is 0. The van der Waals surface area contributed by atoms with Crippen molar-refractivity contribution in [3.05, 3.63) is 73.1 Å². The number of hydrogen-bond acceptors (Lipinski definition) is 1. The second-order valence-electron chi connectivity index (χ2n) is 3.83. The summed E-state index contributed by atoms with van der Waals surface area (Å²) in [6.07, 6.45) is 0.983. The highest BCUT2D eigenvalue weighted by molar-refractivity contribution is 5.46. The van der Waals surface area contributed by atoms with Gasteiger partial charge in [0.05, 0.1) is 0 Å². The molecule has 0 heterocycles. The van der Waals surface area contributed by atoms with E-state index in [0.29, 0.717) is 11.1 Å². The summed E-state index contributed by atoms with van der Waals surface area (Å²) in [5.74, 6) is 4.79. The number of halogens is 3. The summed E-state index contributed by atoms with van der Waals surface area (Å²) in [6.45, 7) is 15.9. The first-order chi connectivity index (χ1) is 9.10. The Morgan fingerprint density at radius 3 is 1.75 bits per heavy atom. The molecule has 0 aromatic heterocycles. The molecule has 0 radical (unpaired) electrons. The van der Waals surface area contributed by atoms with Crippen molar-refractivity contribution < 1.29 is 17.9 Å². The Morgan fingerprint density at radius 1 is 0.900 bits per heavy atom. The van der Waals surface area contributed by atoms with Gasteiger partial charge in [0.25, 0.3) is 0 Å². The van der Waals surface area contributed by atoms with Crippen molar-refractivity contribution in [1.82, 2.24) is 0 Å². The molecule has 0 saturated heterocycles. The molecule has 0 aliphatic heterocycles. The zero-order chi connectivity index (χ0) is 15.8. The van der Waals surface area contributed by atoms with Crippen LogP contribution in [0.3, 0.4) is 0 Å². The SMILES string of the molecule is C=C(C)/C=C\C(=C)C#CC(=C)/C=C\C(=C)OC(F)(F)F. The van der Waals surface area contributed by atoms with Crippen LogP contribution in [0.4, 0.5) is 13.2 Å². The van der Waals surface area contributed by atoms with E-state index in [2.05, 4.69) is 42.9 Å². The normalized spacial score (nSPS) is 11.0. The molecule has 0 aromatic carbocycles. The number of rotatable bonds is 5. The van der Waals surface area contributed by atoms with E-state index in [1.807, 2.05) is 6.92 Å². The van der Waals surface area contributed by atoms with E-state index in [4.69, 9.17) is 0 Å². The van der Waals surface area contributed by atoms with Crippen LogP contribution in [0.1, 0.15) is 6.92 Å². The summed E-state index contributed by atoms with van der Waals surface area (Å²) in [5, 5.41) is 0. The average Bonchev–Trinajstić information content (AvgIpc) is 2.29. The Morgan fingerprint density at radius 2 is 1.35 bits per heavy atom. The van der Waals surface area contributed by atoms with Gasteiger partial charge in [-0.05, 0) is 25.2 Å². The lowest BCUT2D eigenvalue weighted by Gasteiger charge is -2.07. The highest BCUT2D eigenvalue weighted by Gasteiger charge is 2.30. The molecule has 0 aliphatic rings. The van der Waals surface area contributed by atoms with Gasteiger partial charge in [-0.2, -0.15) is 0 Å². The first kappa shape index (κ1) is 17.6. The van der Waals surface area contributed by atoms with E-state index in [0.717, 1.165) is 11.6 Å². The monoisotopic (exact) mass is 280 g/mol. The van der Waals surface area contributed by atoms with Gasteiger partial charge in [0.2, 0.25) is 0 Å². The van der Waals surface area contributed by atoms with E-state index in [1.165, 1.54) is 6.08 Å². The second-order valence-corrected chi connectivity index (χ2v) is 3.83. The maximum absolute atomic E-state index is 11.8. The van der Waals surface area contributed by atoms with Gasteiger partial charge in [-0.3, -0.25) is 0 Å². The third kappa shape index (κ3) is 10.7. The van der Waals surface area contributed by atoms with Crippen LogP contribution >= 0.6 is 0 Å². The lowest BCUT2D eigenvalue weighted by atomic mass is 10.2. The molecule has 0 atom stereocenters. The molecule has 1 nitrogen and oxygen atoms in total. The van der Waals surface area contributed by atoms with Crippen molar-refractivity contribution in [2.24, 2.45) is 0 Å². The summed E-state index contributed by atoms with van der Waals surface area (Å²) in [5.41, 5.74) is 1.70. The molecule has 0 aliphatic carbocycles. The molecule has 106 valence electrons. The Bertz CT molecular complexity index is 534. The molecule has 0 fully saturated rings. The van der Waals surface area contributed by atoms with Crippen molar-refractivity contribution >= 4 is 0 Å². The quantitative estimate of drug-likeness (QED) is 0.398. The van der Waals surface area contributed by atoms with E-state index in [1.54, 1.807) is 12.2 Å². The second kappa shape index (κ2) is 7.90. The molecule has 20 heavy (non-hydrogen) atoms. The van der Waals surface area contributed by atoms with Crippen molar-refractivity contribution in [2.75, 3.05) is 0 Å². The molecule has 4 heteroatoms. The van der Waals surface area contributed by atoms with Crippen LogP contribution in [0.25, 0.3) is 0 Å². The lowest BCUT2D eigenvalue weighted by molar-refractivity contribution is -0.303. The number of alkyl halides is 3. The topological polar surface area (TPSA) is 9.23 Å². The maximum Gasteiger partial charge on any atom is 0.573 e. The minimum atomic E-state index is -4.75. The molecule has 0 unspecified atom stereocenters. The Hall–Kier alpha value is -2.41. The van der Waals surface area contributed by atoms with Gasteiger partial charge in [-0.25, -0.2) is 0 Å².